The predicted octanol–water partition coefficient (Wildman–Crippen LogP) is 3.61. The van der Waals surface area contributed by atoms with Gasteiger partial charge in [-0.1, -0.05) is 43.7 Å². The molecule has 26 heavy (non-hydrogen) atoms. The van der Waals surface area contributed by atoms with E-state index in [0.29, 0.717) is 0 Å². The highest BCUT2D eigenvalue weighted by Gasteiger charge is 2.17. The van der Waals surface area contributed by atoms with E-state index in [1.54, 1.807) is 11.3 Å². The number of hydrogen-bond acceptors (Lipinski definition) is 4. The number of amides is 3. The van der Waals surface area contributed by atoms with Crippen molar-refractivity contribution in [2.45, 2.75) is 45.7 Å². The van der Waals surface area contributed by atoms with Gasteiger partial charge in [-0.05, 0) is 42.8 Å². The average molecular weight is 374 g/mol. The van der Waals surface area contributed by atoms with E-state index in [4.69, 9.17) is 0 Å². The van der Waals surface area contributed by atoms with Crippen LogP contribution in [-0.2, 0) is 11.2 Å². The summed E-state index contributed by atoms with van der Waals surface area (Å²) in [5.74, 6) is -0.354. The van der Waals surface area contributed by atoms with Crippen LogP contribution in [0.4, 0.5) is 4.79 Å². The van der Waals surface area contributed by atoms with Crippen LogP contribution in [0.1, 0.15) is 49.2 Å². The molecule has 2 rings (SSSR count). The number of thiophene rings is 1. The second kappa shape index (κ2) is 10.1. The van der Waals surface area contributed by atoms with Crippen molar-refractivity contribution in [1.29, 1.82) is 0 Å². The lowest BCUT2D eigenvalue weighted by Gasteiger charge is -2.18. The molecule has 0 radical (unpaired) electrons. The molecule has 1 aromatic carbocycles. The van der Waals surface area contributed by atoms with Gasteiger partial charge >= 0.3 is 6.03 Å². The SMILES string of the molecule is CCCc1ccc([C@@H](NCC(=O)NC(=O)NC(C)C)c2cccs2)cc1. The fourth-order valence-corrected chi connectivity index (χ4v) is 3.49. The molecule has 0 saturated heterocycles. The van der Waals surface area contributed by atoms with Crippen molar-refractivity contribution < 1.29 is 9.59 Å². The lowest BCUT2D eigenvalue weighted by atomic mass is 10.0. The number of rotatable bonds is 8. The number of carbonyl (C=O) groups excluding carboxylic acids is 2. The molecule has 3 N–H and O–H groups in total. The quantitative estimate of drug-likeness (QED) is 0.662. The third kappa shape index (κ3) is 6.28. The minimum absolute atomic E-state index is 0.0174. The fourth-order valence-electron chi connectivity index (χ4n) is 2.67. The number of aryl methyl sites for hydroxylation is 1. The summed E-state index contributed by atoms with van der Waals surface area (Å²) in [6.07, 6.45) is 2.18. The molecule has 3 amide bonds. The van der Waals surface area contributed by atoms with E-state index in [1.165, 1.54) is 5.56 Å². The monoisotopic (exact) mass is 373 g/mol. The Morgan fingerprint density at radius 2 is 1.85 bits per heavy atom. The van der Waals surface area contributed by atoms with Crippen molar-refractivity contribution in [3.63, 3.8) is 0 Å². The number of nitrogens with one attached hydrogen (secondary N) is 3. The second-order valence-electron chi connectivity index (χ2n) is 6.50. The summed E-state index contributed by atoms with van der Waals surface area (Å²) < 4.78 is 0. The van der Waals surface area contributed by atoms with E-state index < -0.39 is 6.03 Å². The highest BCUT2D eigenvalue weighted by molar-refractivity contribution is 7.10. The average Bonchev–Trinajstić information content (AvgIpc) is 3.10. The number of imide groups is 1. The Labute approximate surface area is 159 Å². The van der Waals surface area contributed by atoms with Gasteiger partial charge in [0, 0.05) is 10.9 Å². The summed E-state index contributed by atoms with van der Waals surface area (Å²) in [5.41, 5.74) is 2.41. The van der Waals surface area contributed by atoms with Crippen LogP contribution in [0.5, 0.6) is 0 Å². The first-order chi connectivity index (χ1) is 12.5. The third-order valence-corrected chi connectivity index (χ3v) is 4.76. The summed E-state index contributed by atoms with van der Waals surface area (Å²) in [4.78, 5) is 24.8. The summed E-state index contributed by atoms with van der Waals surface area (Å²) >= 11 is 1.64. The molecule has 0 bridgehead atoms. The second-order valence-corrected chi connectivity index (χ2v) is 7.48. The van der Waals surface area contributed by atoms with E-state index in [9.17, 15) is 9.59 Å². The largest absolute Gasteiger partial charge is 0.336 e. The molecule has 1 heterocycles. The first kappa shape index (κ1) is 20.1. The van der Waals surface area contributed by atoms with Crippen LogP contribution >= 0.6 is 11.3 Å². The van der Waals surface area contributed by atoms with E-state index in [2.05, 4.69) is 47.1 Å². The maximum Gasteiger partial charge on any atom is 0.321 e. The van der Waals surface area contributed by atoms with Crippen LogP contribution in [-0.4, -0.2) is 24.5 Å². The molecule has 5 nitrogen and oxygen atoms in total. The van der Waals surface area contributed by atoms with Gasteiger partial charge in [0.25, 0.3) is 0 Å². The third-order valence-electron chi connectivity index (χ3n) is 3.82. The molecule has 0 spiro atoms. The molecule has 140 valence electrons. The Hall–Kier alpha value is -2.18. The summed E-state index contributed by atoms with van der Waals surface area (Å²) in [7, 11) is 0. The maximum atomic E-state index is 12.0. The molecule has 6 heteroatoms. The van der Waals surface area contributed by atoms with Gasteiger partial charge in [0.05, 0.1) is 12.6 Å². The molecule has 0 aliphatic carbocycles. The Morgan fingerprint density at radius 3 is 2.42 bits per heavy atom. The highest BCUT2D eigenvalue weighted by Crippen LogP contribution is 2.26. The number of carbonyl (C=O) groups is 2. The van der Waals surface area contributed by atoms with Crippen molar-refractivity contribution in [3.8, 4) is 0 Å². The molecular weight excluding hydrogens is 346 g/mol. The lowest BCUT2D eigenvalue weighted by molar-refractivity contribution is -0.119. The smallest absolute Gasteiger partial charge is 0.321 e. The molecule has 2 aromatic rings. The fraction of sp³-hybridized carbons (Fsp3) is 0.400. The van der Waals surface area contributed by atoms with Gasteiger partial charge in [0.1, 0.15) is 0 Å². The molecule has 0 aliphatic heterocycles. The van der Waals surface area contributed by atoms with E-state index in [-0.39, 0.29) is 24.5 Å². The van der Waals surface area contributed by atoms with Crippen molar-refractivity contribution in [2.24, 2.45) is 0 Å². The summed E-state index contributed by atoms with van der Waals surface area (Å²) in [6, 6.07) is 12.0. The normalized spacial score (nSPS) is 12.0. The molecule has 0 fully saturated rings. The summed E-state index contributed by atoms with van der Waals surface area (Å²) in [6.45, 7) is 5.91. The van der Waals surface area contributed by atoms with Gasteiger partial charge in [0.2, 0.25) is 5.91 Å². The predicted molar refractivity (Wildman–Crippen MR) is 106 cm³/mol. The topological polar surface area (TPSA) is 70.2 Å². The number of urea groups is 1. The Kier molecular flexibility index (Phi) is 7.81. The van der Waals surface area contributed by atoms with Gasteiger partial charge < -0.3 is 5.32 Å². The van der Waals surface area contributed by atoms with E-state index >= 15 is 0 Å². The lowest BCUT2D eigenvalue weighted by Crippen LogP contribution is -2.45. The van der Waals surface area contributed by atoms with Crippen LogP contribution in [0.3, 0.4) is 0 Å². The van der Waals surface area contributed by atoms with Crippen molar-refractivity contribution in [2.75, 3.05) is 6.54 Å². The zero-order chi connectivity index (χ0) is 18.9. The van der Waals surface area contributed by atoms with Gasteiger partial charge in [-0.2, -0.15) is 0 Å². The highest BCUT2D eigenvalue weighted by atomic mass is 32.1. The molecule has 0 saturated carbocycles. The standard InChI is InChI=1S/C20H27N3O2S/c1-4-6-15-8-10-16(11-9-15)19(17-7-5-12-26-17)21-13-18(24)23-20(25)22-14(2)3/h5,7-12,14,19,21H,4,6,13H2,1-3H3,(H2,22,23,24,25)/t19-/m1/s1. The number of benzene rings is 1. The Morgan fingerprint density at radius 1 is 1.12 bits per heavy atom. The summed E-state index contributed by atoms with van der Waals surface area (Å²) in [5, 5.41) is 10.3. The van der Waals surface area contributed by atoms with Gasteiger partial charge in [-0.25, -0.2) is 4.79 Å². The Balaban J connectivity index is 2.02. The van der Waals surface area contributed by atoms with Crippen LogP contribution < -0.4 is 16.0 Å². The minimum Gasteiger partial charge on any atom is -0.336 e. The van der Waals surface area contributed by atoms with Gasteiger partial charge in [-0.15, -0.1) is 11.3 Å². The molecule has 1 aromatic heterocycles. The molecule has 1 atom stereocenters. The molecular formula is C20H27N3O2S. The van der Waals surface area contributed by atoms with Crippen molar-refractivity contribution in [3.05, 3.63) is 57.8 Å². The Bertz CT molecular complexity index is 696. The van der Waals surface area contributed by atoms with Crippen molar-refractivity contribution >= 4 is 23.3 Å². The first-order valence-corrected chi connectivity index (χ1v) is 9.83. The maximum absolute atomic E-state index is 12.0. The van der Waals surface area contributed by atoms with E-state index in [1.807, 2.05) is 31.4 Å². The van der Waals surface area contributed by atoms with Crippen molar-refractivity contribution in [1.82, 2.24) is 16.0 Å². The number of hydrogen-bond donors (Lipinski definition) is 3. The molecule has 0 aliphatic rings. The van der Waals surface area contributed by atoms with Crippen LogP contribution in [0.15, 0.2) is 41.8 Å². The zero-order valence-electron chi connectivity index (χ0n) is 15.5. The van der Waals surface area contributed by atoms with Gasteiger partial charge in [-0.3, -0.25) is 15.4 Å². The zero-order valence-corrected chi connectivity index (χ0v) is 16.4. The van der Waals surface area contributed by atoms with E-state index in [0.717, 1.165) is 23.3 Å². The van der Waals surface area contributed by atoms with Crippen LogP contribution in [0.25, 0.3) is 0 Å². The van der Waals surface area contributed by atoms with Crippen LogP contribution in [0.2, 0.25) is 0 Å². The van der Waals surface area contributed by atoms with Crippen LogP contribution in [0, 0.1) is 0 Å². The molecule has 0 unspecified atom stereocenters. The van der Waals surface area contributed by atoms with Gasteiger partial charge in [0.15, 0.2) is 0 Å². The first-order valence-electron chi connectivity index (χ1n) is 8.95. The minimum atomic E-state index is -0.469.